The third-order valence-electron chi connectivity index (χ3n) is 2.13. The monoisotopic (exact) mass is 269 g/mol. The van der Waals surface area contributed by atoms with Crippen molar-refractivity contribution in [3.63, 3.8) is 0 Å². The number of halogens is 1. The van der Waals surface area contributed by atoms with Crippen LogP contribution in [0, 0.1) is 5.41 Å². The van der Waals surface area contributed by atoms with Crippen molar-refractivity contribution in [3.8, 4) is 0 Å². The van der Waals surface area contributed by atoms with Gasteiger partial charge in [-0.3, -0.25) is 9.78 Å². The summed E-state index contributed by atoms with van der Waals surface area (Å²) in [4.78, 5) is 15.8. The molecule has 1 aromatic heterocycles. The number of Topliss-reactive ketones (excluding diaryl/α,β-unsaturated/α-hetero) is 1. The van der Waals surface area contributed by atoms with Crippen molar-refractivity contribution in [1.82, 2.24) is 4.98 Å². The first-order valence-electron chi connectivity index (χ1n) is 5.02. The van der Waals surface area contributed by atoms with Crippen LogP contribution in [0.25, 0.3) is 0 Å². The van der Waals surface area contributed by atoms with E-state index in [4.69, 9.17) is 0 Å². The summed E-state index contributed by atoms with van der Waals surface area (Å²) < 4.78 is 0.851. The van der Waals surface area contributed by atoms with Gasteiger partial charge in [-0.2, -0.15) is 0 Å². The van der Waals surface area contributed by atoms with Crippen LogP contribution in [0.2, 0.25) is 0 Å². The van der Waals surface area contributed by atoms with Gasteiger partial charge in [-0.15, -0.1) is 0 Å². The molecule has 0 fully saturated rings. The van der Waals surface area contributed by atoms with E-state index in [1.54, 1.807) is 12.4 Å². The van der Waals surface area contributed by atoms with Crippen LogP contribution in [-0.2, 0) is 0 Å². The molecule has 0 aliphatic carbocycles. The van der Waals surface area contributed by atoms with E-state index < -0.39 is 0 Å². The van der Waals surface area contributed by atoms with E-state index in [0.717, 1.165) is 10.9 Å². The van der Waals surface area contributed by atoms with Crippen LogP contribution in [-0.4, -0.2) is 10.8 Å². The quantitative estimate of drug-likeness (QED) is 0.781. The Morgan fingerprint density at radius 1 is 1.40 bits per heavy atom. The van der Waals surface area contributed by atoms with Gasteiger partial charge in [0.1, 0.15) is 0 Å². The smallest absolute Gasteiger partial charge is 0.164 e. The molecule has 2 nitrogen and oxygen atoms in total. The molecule has 1 rings (SSSR count). The lowest BCUT2D eigenvalue weighted by molar-refractivity contribution is 0.0965. The number of rotatable bonds is 3. The summed E-state index contributed by atoms with van der Waals surface area (Å²) in [6.07, 6.45) is 4.79. The first-order chi connectivity index (χ1) is 6.88. The van der Waals surface area contributed by atoms with Crippen molar-refractivity contribution in [3.05, 3.63) is 28.5 Å². The molecule has 82 valence electrons. The Morgan fingerprint density at radius 2 is 2.07 bits per heavy atom. The van der Waals surface area contributed by atoms with E-state index in [1.165, 1.54) is 0 Å². The molecule has 0 amide bonds. The lowest BCUT2D eigenvalue weighted by Gasteiger charge is -2.16. The van der Waals surface area contributed by atoms with Gasteiger partial charge in [-0.25, -0.2) is 0 Å². The third-order valence-corrected chi connectivity index (χ3v) is 2.56. The van der Waals surface area contributed by atoms with Crippen molar-refractivity contribution in [1.29, 1.82) is 0 Å². The SMILES string of the molecule is CC(C)(C)CCC(=O)c1cncc(Br)c1. The molecule has 0 bridgehead atoms. The van der Waals surface area contributed by atoms with Gasteiger partial charge in [0.2, 0.25) is 0 Å². The second kappa shape index (κ2) is 4.88. The summed E-state index contributed by atoms with van der Waals surface area (Å²) >= 11 is 3.31. The molecule has 1 aromatic rings. The largest absolute Gasteiger partial charge is 0.294 e. The number of aromatic nitrogens is 1. The normalized spacial score (nSPS) is 11.5. The van der Waals surface area contributed by atoms with Crippen LogP contribution in [0.5, 0.6) is 0 Å². The predicted octanol–water partition coefficient (Wildman–Crippen LogP) is 3.85. The molecule has 0 atom stereocenters. The van der Waals surface area contributed by atoms with Gasteiger partial charge in [0.25, 0.3) is 0 Å². The van der Waals surface area contributed by atoms with Crippen molar-refractivity contribution in [2.24, 2.45) is 5.41 Å². The number of pyridine rings is 1. The Hall–Kier alpha value is -0.700. The number of nitrogens with zero attached hydrogens (tertiary/aromatic N) is 1. The highest BCUT2D eigenvalue weighted by atomic mass is 79.9. The first-order valence-corrected chi connectivity index (χ1v) is 5.81. The van der Waals surface area contributed by atoms with Crippen molar-refractivity contribution >= 4 is 21.7 Å². The zero-order valence-electron chi connectivity index (χ0n) is 9.38. The van der Waals surface area contributed by atoms with Crippen LogP contribution in [0.4, 0.5) is 0 Å². The molecule has 0 aromatic carbocycles. The lowest BCUT2D eigenvalue weighted by Crippen LogP contribution is -2.09. The highest BCUT2D eigenvalue weighted by molar-refractivity contribution is 9.10. The molecule has 0 unspecified atom stereocenters. The van der Waals surface area contributed by atoms with Gasteiger partial charge < -0.3 is 0 Å². The van der Waals surface area contributed by atoms with Crippen LogP contribution in [0.3, 0.4) is 0 Å². The average molecular weight is 270 g/mol. The molecule has 0 aliphatic heterocycles. The van der Waals surface area contributed by atoms with E-state index >= 15 is 0 Å². The van der Waals surface area contributed by atoms with Gasteiger partial charge >= 0.3 is 0 Å². The fraction of sp³-hybridized carbons (Fsp3) is 0.500. The van der Waals surface area contributed by atoms with E-state index in [9.17, 15) is 4.79 Å². The molecule has 0 spiro atoms. The number of carbonyl (C=O) groups is 1. The van der Waals surface area contributed by atoms with Gasteiger partial charge in [0.05, 0.1) is 0 Å². The van der Waals surface area contributed by atoms with Crippen molar-refractivity contribution in [2.75, 3.05) is 0 Å². The van der Waals surface area contributed by atoms with Crippen molar-refractivity contribution < 1.29 is 4.79 Å². The zero-order valence-corrected chi connectivity index (χ0v) is 11.0. The Kier molecular flexibility index (Phi) is 4.03. The fourth-order valence-corrected chi connectivity index (χ4v) is 1.56. The summed E-state index contributed by atoms with van der Waals surface area (Å²) in [6.45, 7) is 6.41. The molecule has 0 saturated carbocycles. The molecular weight excluding hydrogens is 254 g/mol. The summed E-state index contributed by atoms with van der Waals surface area (Å²) in [7, 11) is 0. The molecule has 0 saturated heterocycles. The van der Waals surface area contributed by atoms with E-state index in [-0.39, 0.29) is 11.2 Å². The minimum absolute atomic E-state index is 0.165. The molecular formula is C12H16BrNO. The Bertz CT molecular complexity index is 355. The number of hydrogen-bond acceptors (Lipinski definition) is 2. The fourth-order valence-electron chi connectivity index (χ4n) is 1.20. The minimum atomic E-state index is 0.165. The highest BCUT2D eigenvalue weighted by Crippen LogP contribution is 2.22. The van der Waals surface area contributed by atoms with Gasteiger partial charge in [-0.1, -0.05) is 20.8 Å². The first kappa shape index (κ1) is 12.4. The van der Waals surface area contributed by atoms with Gasteiger partial charge in [0.15, 0.2) is 5.78 Å². The Morgan fingerprint density at radius 3 is 2.60 bits per heavy atom. The Labute approximate surface area is 99.2 Å². The molecule has 0 aliphatic rings. The van der Waals surface area contributed by atoms with Crippen LogP contribution in [0.15, 0.2) is 22.9 Å². The average Bonchev–Trinajstić information content (AvgIpc) is 2.13. The summed E-state index contributed by atoms with van der Waals surface area (Å²) in [5, 5.41) is 0. The van der Waals surface area contributed by atoms with Crippen molar-refractivity contribution in [2.45, 2.75) is 33.6 Å². The number of carbonyl (C=O) groups excluding carboxylic acids is 1. The molecule has 0 N–H and O–H groups in total. The van der Waals surface area contributed by atoms with Gasteiger partial charge in [-0.05, 0) is 33.8 Å². The second-order valence-corrected chi connectivity index (χ2v) is 5.79. The van der Waals surface area contributed by atoms with Gasteiger partial charge in [0, 0.05) is 28.9 Å². The minimum Gasteiger partial charge on any atom is -0.294 e. The topological polar surface area (TPSA) is 30.0 Å². The zero-order chi connectivity index (χ0) is 11.5. The third kappa shape index (κ3) is 4.56. The van der Waals surface area contributed by atoms with Crippen LogP contribution < -0.4 is 0 Å². The molecule has 1 heterocycles. The molecule has 15 heavy (non-hydrogen) atoms. The standard InChI is InChI=1S/C12H16BrNO/c1-12(2,3)5-4-11(15)9-6-10(13)8-14-7-9/h6-8H,4-5H2,1-3H3. The predicted molar refractivity (Wildman–Crippen MR) is 65.0 cm³/mol. The van der Waals surface area contributed by atoms with Crippen LogP contribution in [0.1, 0.15) is 44.0 Å². The number of hydrogen-bond donors (Lipinski definition) is 0. The summed E-state index contributed by atoms with van der Waals surface area (Å²) in [5.41, 5.74) is 0.892. The lowest BCUT2D eigenvalue weighted by atomic mass is 9.89. The summed E-state index contributed by atoms with van der Waals surface area (Å²) in [5.74, 6) is 0.165. The maximum absolute atomic E-state index is 11.8. The Balaban J connectivity index is 2.62. The van der Waals surface area contributed by atoms with E-state index in [1.807, 2.05) is 6.07 Å². The van der Waals surface area contributed by atoms with E-state index in [2.05, 4.69) is 41.7 Å². The maximum atomic E-state index is 11.8. The van der Waals surface area contributed by atoms with E-state index in [0.29, 0.717) is 12.0 Å². The molecule has 3 heteroatoms. The second-order valence-electron chi connectivity index (χ2n) is 4.88. The number of ketones is 1. The van der Waals surface area contributed by atoms with Crippen LogP contribution >= 0.6 is 15.9 Å². The maximum Gasteiger partial charge on any atom is 0.164 e. The molecule has 0 radical (unpaired) electrons. The highest BCUT2D eigenvalue weighted by Gasteiger charge is 2.14. The summed E-state index contributed by atoms with van der Waals surface area (Å²) in [6, 6.07) is 1.82.